The second-order valence-electron chi connectivity index (χ2n) is 9.56. The highest BCUT2D eigenvalue weighted by Crippen LogP contribution is 2.40. The number of alkyl halides is 3. The molecule has 1 amide bonds. The lowest BCUT2D eigenvalue weighted by Gasteiger charge is -2.37. The Labute approximate surface area is 215 Å². The van der Waals surface area contributed by atoms with Gasteiger partial charge in [0.2, 0.25) is 0 Å². The third kappa shape index (κ3) is 5.77. The van der Waals surface area contributed by atoms with E-state index in [1.54, 1.807) is 37.8 Å². The number of nitrogens with one attached hydrogen (secondary N) is 1. The number of nitrogens with zero attached hydrogens (tertiary/aromatic N) is 3. The molecule has 1 fully saturated rings. The number of anilines is 4. The van der Waals surface area contributed by atoms with Gasteiger partial charge in [0.25, 0.3) is 0 Å². The number of pyridine rings is 1. The fraction of sp³-hybridized carbons (Fsp3) is 0.360. The molecule has 3 aromatic rings. The molecule has 2 aromatic carbocycles. The number of rotatable bonds is 3. The van der Waals surface area contributed by atoms with Gasteiger partial charge in [0, 0.05) is 47.4 Å². The molecule has 0 saturated carbocycles. The smallest absolute Gasteiger partial charge is 0.418 e. The first-order valence-electron chi connectivity index (χ1n) is 11.4. The Morgan fingerprint density at radius 2 is 1.78 bits per heavy atom. The highest BCUT2D eigenvalue weighted by Gasteiger charge is 2.36. The number of carbonyl (C=O) groups excluding carboxylic acids is 1. The summed E-state index contributed by atoms with van der Waals surface area (Å²) in [5.41, 5.74) is 6.48. The average molecular weight is 566 g/mol. The van der Waals surface area contributed by atoms with E-state index in [0.29, 0.717) is 22.3 Å². The fourth-order valence-corrected chi connectivity index (χ4v) is 4.40. The third-order valence-electron chi connectivity index (χ3n) is 5.70. The molecule has 2 heterocycles. The molecule has 4 rings (SSSR count). The Hall–Kier alpha value is -3.21. The largest absolute Gasteiger partial charge is 0.444 e. The molecule has 7 nitrogen and oxygen atoms in total. The summed E-state index contributed by atoms with van der Waals surface area (Å²) in [5.74, 6) is 0. The second-order valence-corrected chi connectivity index (χ2v) is 10.5. The molecule has 11 heteroatoms. The van der Waals surface area contributed by atoms with E-state index in [1.165, 1.54) is 17.2 Å². The first-order valence-corrected chi connectivity index (χ1v) is 12.2. The highest BCUT2D eigenvalue weighted by atomic mass is 79.9. The van der Waals surface area contributed by atoms with Crippen molar-refractivity contribution in [2.45, 2.75) is 32.5 Å². The molecule has 1 saturated heterocycles. The Bertz CT molecular complexity index is 1280. The number of nitrogen functional groups attached to an aromatic ring is 1. The van der Waals surface area contributed by atoms with Crippen LogP contribution in [0, 0.1) is 0 Å². The van der Waals surface area contributed by atoms with Crippen LogP contribution in [-0.4, -0.2) is 47.8 Å². The van der Waals surface area contributed by atoms with Crippen LogP contribution >= 0.6 is 15.9 Å². The van der Waals surface area contributed by atoms with Crippen molar-refractivity contribution < 1.29 is 22.7 Å². The molecule has 3 N–H and O–H groups in total. The second kappa shape index (κ2) is 9.68. The zero-order chi connectivity index (χ0) is 26.3. The standard InChI is InChI=1S/C25H27BrF3N5O2/c1-24(2,3)36-23(35)34-10-8-33(9-11-34)21-7-5-16(13-18(21)25(27,28)29)32-22-17-12-15(26)4-6-20(17)31-14-19(22)30/h4-7,12-14H,8-11,30H2,1-3H3,(H,31,32). The van der Waals surface area contributed by atoms with Gasteiger partial charge in [-0.15, -0.1) is 0 Å². The van der Waals surface area contributed by atoms with Crippen LogP contribution < -0.4 is 16.0 Å². The maximum Gasteiger partial charge on any atom is 0.418 e. The fourth-order valence-electron chi connectivity index (χ4n) is 4.04. The Kier molecular flexibility index (Phi) is 6.96. The molecule has 1 aliphatic heterocycles. The van der Waals surface area contributed by atoms with Gasteiger partial charge in [0.05, 0.1) is 28.7 Å². The predicted molar refractivity (Wildman–Crippen MR) is 139 cm³/mol. The SMILES string of the molecule is CC(C)(C)OC(=O)N1CCN(c2ccc(Nc3c(N)cnc4ccc(Br)cc34)cc2C(F)(F)F)CC1. The number of amides is 1. The maximum atomic E-state index is 14.1. The molecule has 0 unspecified atom stereocenters. The molecule has 0 spiro atoms. The molecule has 0 radical (unpaired) electrons. The number of piperazine rings is 1. The van der Waals surface area contributed by atoms with Gasteiger partial charge in [-0.1, -0.05) is 15.9 Å². The van der Waals surface area contributed by atoms with Crippen molar-refractivity contribution in [1.29, 1.82) is 0 Å². The minimum absolute atomic E-state index is 0.0622. The third-order valence-corrected chi connectivity index (χ3v) is 6.20. The summed E-state index contributed by atoms with van der Waals surface area (Å²) in [6, 6.07) is 9.56. The van der Waals surface area contributed by atoms with Crippen LogP contribution in [0.2, 0.25) is 0 Å². The van der Waals surface area contributed by atoms with Gasteiger partial charge >= 0.3 is 12.3 Å². The van der Waals surface area contributed by atoms with Crippen molar-refractivity contribution in [2.75, 3.05) is 42.1 Å². The molecular formula is C25H27BrF3N5O2. The van der Waals surface area contributed by atoms with Crippen LogP contribution in [0.5, 0.6) is 0 Å². The van der Waals surface area contributed by atoms with E-state index < -0.39 is 23.4 Å². The Morgan fingerprint density at radius 1 is 1.08 bits per heavy atom. The normalized spacial score (nSPS) is 14.8. The van der Waals surface area contributed by atoms with Crippen LogP contribution in [0.25, 0.3) is 10.9 Å². The number of hydrogen-bond acceptors (Lipinski definition) is 6. The van der Waals surface area contributed by atoms with Crippen LogP contribution in [0.3, 0.4) is 0 Å². The van der Waals surface area contributed by atoms with Crippen molar-refractivity contribution in [2.24, 2.45) is 0 Å². The molecule has 192 valence electrons. The summed E-state index contributed by atoms with van der Waals surface area (Å²) in [5, 5.41) is 3.74. The lowest BCUT2D eigenvalue weighted by molar-refractivity contribution is -0.137. The number of aromatic nitrogens is 1. The molecule has 36 heavy (non-hydrogen) atoms. The van der Waals surface area contributed by atoms with Gasteiger partial charge in [-0.05, 0) is 57.2 Å². The van der Waals surface area contributed by atoms with E-state index in [2.05, 4.69) is 26.2 Å². The van der Waals surface area contributed by atoms with E-state index >= 15 is 0 Å². The number of benzene rings is 2. The van der Waals surface area contributed by atoms with E-state index in [-0.39, 0.29) is 37.6 Å². The molecule has 1 aliphatic rings. The zero-order valence-electron chi connectivity index (χ0n) is 20.1. The van der Waals surface area contributed by atoms with Gasteiger partial charge in [-0.3, -0.25) is 4.98 Å². The molecule has 0 bridgehead atoms. The number of hydrogen-bond donors (Lipinski definition) is 2. The van der Waals surface area contributed by atoms with Crippen LogP contribution in [-0.2, 0) is 10.9 Å². The molecule has 1 aromatic heterocycles. The summed E-state index contributed by atoms with van der Waals surface area (Å²) in [4.78, 5) is 19.8. The summed E-state index contributed by atoms with van der Waals surface area (Å²) in [6.45, 7) is 6.35. The van der Waals surface area contributed by atoms with Crippen molar-refractivity contribution in [3.8, 4) is 0 Å². The van der Waals surface area contributed by atoms with Crippen LogP contribution in [0.4, 0.5) is 40.7 Å². The number of fused-ring (bicyclic) bond motifs is 1. The molecule has 0 aliphatic carbocycles. The van der Waals surface area contributed by atoms with E-state index in [9.17, 15) is 18.0 Å². The summed E-state index contributed by atoms with van der Waals surface area (Å²) >= 11 is 3.41. The van der Waals surface area contributed by atoms with Gasteiger partial charge in [-0.25, -0.2) is 4.79 Å². The van der Waals surface area contributed by atoms with Crippen LogP contribution in [0.15, 0.2) is 47.1 Å². The van der Waals surface area contributed by atoms with Gasteiger partial charge in [0.15, 0.2) is 0 Å². The summed E-state index contributed by atoms with van der Waals surface area (Å²) < 4.78 is 48.5. The Balaban J connectivity index is 1.59. The lowest BCUT2D eigenvalue weighted by Crippen LogP contribution is -2.50. The number of halogens is 4. The summed E-state index contributed by atoms with van der Waals surface area (Å²) in [7, 11) is 0. The first kappa shape index (κ1) is 25.9. The average Bonchev–Trinajstić information content (AvgIpc) is 2.79. The Morgan fingerprint density at radius 3 is 2.42 bits per heavy atom. The topological polar surface area (TPSA) is 83.7 Å². The first-order chi connectivity index (χ1) is 16.8. The quantitative estimate of drug-likeness (QED) is 0.382. The van der Waals surface area contributed by atoms with Crippen molar-refractivity contribution >= 4 is 55.7 Å². The van der Waals surface area contributed by atoms with Crippen molar-refractivity contribution in [3.05, 3.63) is 52.6 Å². The van der Waals surface area contributed by atoms with Gasteiger partial charge in [0.1, 0.15) is 5.60 Å². The number of carbonyl (C=O) groups is 1. The summed E-state index contributed by atoms with van der Waals surface area (Å²) in [6.07, 6.45) is -3.57. The molecular weight excluding hydrogens is 539 g/mol. The van der Waals surface area contributed by atoms with Crippen molar-refractivity contribution in [3.63, 3.8) is 0 Å². The minimum atomic E-state index is -4.58. The minimum Gasteiger partial charge on any atom is -0.444 e. The van der Waals surface area contributed by atoms with E-state index in [1.807, 2.05) is 12.1 Å². The van der Waals surface area contributed by atoms with Gasteiger partial charge < -0.3 is 25.6 Å². The lowest BCUT2D eigenvalue weighted by atomic mass is 10.1. The van der Waals surface area contributed by atoms with E-state index in [4.69, 9.17) is 10.5 Å². The van der Waals surface area contributed by atoms with Crippen molar-refractivity contribution in [1.82, 2.24) is 9.88 Å². The maximum absolute atomic E-state index is 14.1. The highest BCUT2D eigenvalue weighted by molar-refractivity contribution is 9.10. The molecule has 0 atom stereocenters. The predicted octanol–water partition coefficient (Wildman–Crippen LogP) is 6.40. The zero-order valence-corrected chi connectivity index (χ0v) is 21.7. The number of nitrogens with two attached hydrogens (primary N) is 1. The van der Waals surface area contributed by atoms with E-state index in [0.717, 1.165) is 10.5 Å². The number of ether oxygens (including phenoxy) is 1. The monoisotopic (exact) mass is 565 g/mol. The van der Waals surface area contributed by atoms with Gasteiger partial charge in [-0.2, -0.15) is 13.2 Å². The van der Waals surface area contributed by atoms with Crippen LogP contribution in [0.1, 0.15) is 26.3 Å².